The molecule has 35 heavy (non-hydrogen) atoms. The monoisotopic (exact) mass is 460 g/mol. The van der Waals surface area contributed by atoms with E-state index in [0.717, 1.165) is 22.2 Å². The van der Waals surface area contributed by atoms with Crippen LogP contribution in [0.5, 0.6) is 0 Å². The van der Waals surface area contributed by atoms with Crippen LogP contribution in [0.2, 0.25) is 0 Å². The van der Waals surface area contributed by atoms with E-state index in [1.54, 1.807) is 12.1 Å². The van der Waals surface area contributed by atoms with Crippen LogP contribution in [-0.2, 0) is 9.31 Å². The predicted molar refractivity (Wildman–Crippen MR) is 137 cm³/mol. The van der Waals surface area contributed by atoms with E-state index in [2.05, 4.69) is 6.07 Å². The molecule has 1 saturated heterocycles. The zero-order valence-electron chi connectivity index (χ0n) is 20.2. The molecule has 0 spiro atoms. The van der Waals surface area contributed by atoms with Gasteiger partial charge in [0, 0.05) is 16.7 Å². The summed E-state index contributed by atoms with van der Waals surface area (Å²) in [5.41, 5.74) is 3.06. The standard InChI is InChI=1S/C28H25BN4O2/c1-27(2)28(3,4)35-29(34-27)23-15-9-14-22(17-23)26-32-24(20-11-6-5-7-12-20)31-25(33-26)21-13-8-10-19(16-21)18-30/h5-17H,1-4H3. The smallest absolute Gasteiger partial charge is 0.399 e. The maximum atomic E-state index is 9.36. The minimum atomic E-state index is -0.484. The molecule has 0 bridgehead atoms. The lowest BCUT2D eigenvalue weighted by Gasteiger charge is -2.32. The van der Waals surface area contributed by atoms with E-state index in [9.17, 15) is 5.26 Å². The summed E-state index contributed by atoms with van der Waals surface area (Å²) in [6.07, 6.45) is 0. The molecule has 4 aromatic rings. The lowest BCUT2D eigenvalue weighted by molar-refractivity contribution is 0.00578. The van der Waals surface area contributed by atoms with Gasteiger partial charge in [-0.1, -0.05) is 66.7 Å². The molecule has 5 rings (SSSR count). The molecule has 0 N–H and O–H groups in total. The fraction of sp³-hybridized carbons (Fsp3) is 0.214. The molecule has 0 amide bonds. The topological polar surface area (TPSA) is 80.9 Å². The number of aromatic nitrogens is 3. The highest BCUT2D eigenvalue weighted by molar-refractivity contribution is 6.62. The van der Waals surface area contributed by atoms with Gasteiger partial charge >= 0.3 is 7.12 Å². The van der Waals surface area contributed by atoms with Gasteiger partial charge in [-0.15, -0.1) is 0 Å². The Labute approximate surface area is 205 Å². The van der Waals surface area contributed by atoms with Crippen molar-refractivity contribution in [1.29, 1.82) is 5.26 Å². The third-order valence-electron chi connectivity index (χ3n) is 6.59. The van der Waals surface area contributed by atoms with Crippen molar-refractivity contribution in [2.45, 2.75) is 38.9 Å². The first-order valence-corrected chi connectivity index (χ1v) is 11.5. The molecular weight excluding hydrogens is 435 g/mol. The van der Waals surface area contributed by atoms with E-state index in [1.807, 2.05) is 94.4 Å². The van der Waals surface area contributed by atoms with Crippen LogP contribution < -0.4 is 5.46 Å². The first-order valence-electron chi connectivity index (χ1n) is 11.5. The van der Waals surface area contributed by atoms with Gasteiger partial charge < -0.3 is 9.31 Å². The maximum Gasteiger partial charge on any atom is 0.494 e. The number of rotatable bonds is 4. The van der Waals surface area contributed by atoms with E-state index in [0.29, 0.717) is 23.0 Å². The summed E-state index contributed by atoms with van der Waals surface area (Å²) >= 11 is 0. The van der Waals surface area contributed by atoms with E-state index >= 15 is 0 Å². The predicted octanol–water partition coefficient (Wildman–Crippen LogP) is 5.04. The Morgan fingerprint density at radius 1 is 0.657 bits per heavy atom. The molecule has 1 aromatic heterocycles. The molecule has 0 saturated carbocycles. The second kappa shape index (κ2) is 8.73. The SMILES string of the molecule is CC1(C)OB(c2cccc(-c3nc(-c4ccccc4)nc(-c4cccc(C#N)c4)n3)c2)OC1(C)C. The Hall–Kier alpha value is -3.86. The van der Waals surface area contributed by atoms with Gasteiger partial charge in [-0.2, -0.15) is 5.26 Å². The molecule has 0 aliphatic carbocycles. The third kappa shape index (κ3) is 4.46. The van der Waals surface area contributed by atoms with Gasteiger partial charge in [0.05, 0.1) is 22.8 Å². The molecule has 1 fully saturated rings. The lowest BCUT2D eigenvalue weighted by atomic mass is 9.78. The highest BCUT2D eigenvalue weighted by Crippen LogP contribution is 2.36. The quantitative estimate of drug-likeness (QED) is 0.397. The molecule has 6 nitrogen and oxygen atoms in total. The van der Waals surface area contributed by atoms with Crippen LogP contribution in [0, 0.1) is 11.3 Å². The number of hydrogen-bond donors (Lipinski definition) is 0. The zero-order valence-corrected chi connectivity index (χ0v) is 20.2. The van der Waals surface area contributed by atoms with E-state index in [-0.39, 0.29) is 0 Å². The second-order valence-electron chi connectivity index (χ2n) is 9.58. The van der Waals surface area contributed by atoms with Crippen molar-refractivity contribution in [3.05, 3.63) is 84.4 Å². The van der Waals surface area contributed by atoms with Gasteiger partial charge in [0.15, 0.2) is 17.5 Å². The number of hydrogen-bond acceptors (Lipinski definition) is 6. The fourth-order valence-corrected chi connectivity index (χ4v) is 3.88. The van der Waals surface area contributed by atoms with Gasteiger partial charge in [0.1, 0.15) is 0 Å². The summed E-state index contributed by atoms with van der Waals surface area (Å²) in [6, 6.07) is 27.2. The van der Waals surface area contributed by atoms with Crippen molar-refractivity contribution < 1.29 is 9.31 Å². The van der Waals surface area contributed by atoms with Gasteiger partial charge in [-0.05, 0) is 45.3 Å². The van der Waals surface area contributed by atoms with Crippen molar-refractivity contribution >= 4 is 12.6 Å². The van der Waals surface area contributed by atoms with Gasteiger partial charge in [-0.3, -0.25) is 0 Å². The minimum Gasteiger partial charge on any atom is -0.399 e. The summed E-state index contributed by atoms with van der Waals surface area (Å²) in [7, 11) is -0.484. The lowest BCUT2D eigenvalue weighted by Crippen LogP contribution is -2.41. The molecule has 172 valence electrons. The van der Waals surface area contributed by atoms with Gasteiger partial charge in [-0.25, -0.2) is 15.0 Å². The van der Waals surface area contributed by atoms with Crippen LogP contribution in [0.1, 0.15) is 33.3 Å². The van der Waals surface area contributed by atoms with Crippen LogP contribution in [0.25, 0.3) is 34.2 Å². The van der Waals surface area contributed by atoms with Crippen molar-refractivity contribution in [2.75, 3.05) is 0 Å². The summed E-state index contributed by atoms with van der Waals surface area (Å²) in [4.78, 5) is 14.3. The van der Waals surface area contributed by atoms with Crippen LogP contribution in [0.3, 0.4) is 0 Å². The molecule has 3 aromatic carbocycles. The van der Waals surface area contributed by atoms with Crippen LogP contribution in [-0.4, -0.2) is 33.3 Å². The third-order valence-corrected chi connectivity index (χ3v) is 6.59. The largest absolute Gasteiger partial charge is 0.494 e. The zero-order chi connectivity index (χ0) is 24.6. The van der Waals surface area contributed by atoms with Crippen molar-refractivity contribution in [3.63, 3.8) is 0 Å². The Morgan fingerprint density at radius 3 is 1.77 bits per heavy atom. The molecule has 0 radical (unpaired) electrons. The highest BCUT2D eigenvalue weighted by atomic mass is 16.7. The molecule has 1 aliphatic rings. The maximum absolute atomic E-state index is 9.36. The van der Waals surface area contributed by atoms with E-state index in [1.165, 1.54) is 0 Å². The first-order chi connectivity index (χ1) is 16.8. The average molecular weight is 460 g/mol. The second-order valence-corrected chi connectivity index (χ2v) is 9.58. The summed E-state index contributed by atoms with van der Waals surface area (Å²) in [5, 5.41) is 9.36. The van der Waals surface area contributed by atoms with Crippen LogP contribution >= 0.6 is 0 Å². The summed E-state index contributed by atoms with van der Waals surface area (Å²) in [5.74, 6) is 1.61. The number of nitriles is 1. The van der Waals surface area contributed by atoms with E-state index < -0.39 is 18.3 Å². The molecule has 0 unspecified atom stereocenters. The first kappa shape index (κ1) is 22.9. The Kier molecular flexibility index (Phi) is 5.72. The molecule has 0 atom stereocenters. The molecule has 2 heterocycles. The Balaban J connectivity index is 1.61. The molecular formula is C28H25BN4O2. The summed E-state index contributed by atoms with van der Waals surface area (Å²) in [6.45, 7) is 8.15. The number of nitrogens with zero attached hydrogens (tertiary/aromatic N) is 4. The fourth-order valence-electron chi connectivity index (χ4n) is 3.88. The molecule has 7 heteroatoms. The van der Waals surface area contributed by atoms with E-state index in [4.69, 9.17) is 24.3 Å². The van der Waals surface area contributed by atoms with Crippen molar-refractivity contribution in [2.24, 2.45) is 0 Å². The molecule has 1 aliphatic heterocycles. The van der Waals surface area contributed by atoms with Crippen LogP contribution in [0.4, 0.5) is 0 Å². The van der Waals surface area contributed by atoms with Crippen molar-refractivity contribution in [1.82, 2.24) is 15.0 Å². The number of benzene rings is 3. The Morgan fingerprint density at radius 2 is 1.17 bits per heavy atom. The van der Waals surface area contributed by atoms with Crippen LogP contribution in [0.15, 0.2) is 78.9 Å². The minimum absolute atomic E-state index is 0.430. The highest BCUT2D eigenvalue weighted by Gasteiger charge is 2.51. The van der Waals surface area contributed by atoms with Gasteiger partial charge in [0.25, 0.3) is 0 Å². The van der Waals surface area contributed by atoms with Crippen molar-refractivity contribution in [3.8, 4) is 40.2 Å². The average Bonchev–Trinajstić information content (AvgIpc) is 3.11. The summed E-state index contributed by atoms with van der Waals surface area (Å²) < 4.78 is 12.5. The normalized spacial score (nSPS) is 16.1. The Bertz CT molecular complexity index is 1410. The van der Waals surface area contributed by atoms with Gasteiger partial charge in [0.2, 0.25) is 0 Å².